The Balaban J connectivity index is 1.35. The van der Waals surface area contributed by atoms with E-state index in [0.29, 0.717) is 34.1 Å². The maximum Gasteiger partial charge on any atom is 0.410 e. The van der Waals surface area contributed by atoms with Crippen LogP contribution in [0.5, 0.6) is 0 Å². The number of anilines is 2. The van der Waals surface area contributed by atoms with E-state index >= 15 is 0 Å². The predicted molar refractivity (Wildman–Crippen MR) is 184 cm³/mol. The van der Waals surface area contributed by atoms with Gasteiger partial charge >= 0.3 is 6.09 Å². The van der Waals surface area contributed by atoms with Crippen molar-refractivity contribution in [2.45, 2.75) is 44.7 Å². The number of halogens is 1. The Bertz CT molecular complexity index is 1850. The number of hydrogen-bond acceptors (Lipinski definition) is 6. The average Bonchev–Trinajstić information content (AvgIpc) is 3.13. The Morgan fingerprint density at radius 3 is 2.39 bits per heavy atom. The Morgan fingerprint density at radius 2 is 1.67 bits per heavy atom. The van der Waals surface area contributed by atoms with Crippen LogP contribution in [0.2, 0.25) is 0 Å². The van der Waals surface area contributed by atoms with Crippen molar-refractivity contribution in [3.63, 3.8) is 0 Å². The summed E-state index contributed by atoms with van der Waals surface area (Å²) in [4.78, 5) is 57.4. The minimum atomic E-state index is -0.651. The Morgan fingerprint density at radius 1 is 0.978 bits per heavy atom. The second-order valence-electron chi connectivity index (χ2n) is 11.9. The van der Waals surface area contributed by atoms with E-state index in [1.165, 1.54) is 16.4 Å². The summed E-state index contributed by atoms with van der Waals surface area (Å²) in [6.45, 7) is 8.06. The molecular weight excluding hydrogens is 670 g/mol. The molecule has 0 bridgehead atoms. The van der Waals surface area contributed by atoms with E-state index in [9.17, 15) is 19.2 Å². The second-order valence-corrected chi connectivity index (χ2v) is 13.8. The van der Waals surface area contributed by atoms with Gasteiger partial charge in [0.25, 0.3) is 11.5 Å². The van der Waals surface area contributed by atoms with Gasteiger partial charge < -0.3 is 19.9 Å². The number of rotatable bonds is 6. The molecule has 0 atom stereocenters. The van der Waals surface area contributed by atoms with E-state index < -0.39 is 11.7 Å². The molecule has 0 fully saturated rings. The van der Waals surface area contributed by atoms with Crippen LogP contribution in [0.1, 0.15) is 42.4 Å². The van der Waals surface area contributed by atoms with Crippen LogP contribution in [0.3, 0.4) is 0 Å². The summed E-state index contributed by atoms with van der Waals surface area (Å²) >= 11 is 4.75. The molecule has 5 rings (SSSR count). The molecule has 0 saturated heterocycles. The van der Waals surface area contributed by atoms with Gasteiger partial charge in [0.1, 0.15) is 11.3 Å². The van der Waals surface area contributed by atoms with Gasteiger partial charge in [-0.3, -0.25) is 19.1 Å². The number of benzene rings is 3. The summed E-state index contributed by atoms with van der Waals surface area (Å²) in [6.07, 6.45) is -0.443. The van der Waals surface area contributed by atoms with E-state index in [2.05, 4.69) is 21.2 Å². The summed E-state index contributed by atoms with van der Waals surface area (Å²) in [5.41, 5.74) is 2.47. The van der Waals surface area contributed by atoms with Crippen LogP contribution in [0, 0.1) is 6.92 Å². The van der Waals surface area contributed by atoms with Crippen LogP contribution < -0.4 is 15.8 Å². The van der Waals surface area contributed by atoms with Crippen LogP contribution >= 0.6 is 27.7 Å². The first-order valence-corrected chi connectivity index (χ1v) is 16.6. The molecule has 0 radical (unpaired) electrons. The van der Waals surface area contributed by atoms with Gasteiger partial charge in [-0.25, -0.2) is 9.48 Å². The van der Waals surface area contributed by atoms with Gasteiger partial charge in [0.15, 0.2) is 0 Å². The average molecular weight is 707 g/mol. The maximum absolute atomic E-state index is 14.2. The van der Waals surface area contributed by atoms with Crippen LogP contribution in [-0.2, 0) is 23.1 Å². The van der Waals surface area contributed by atoms with E-state index in [-0.39, 0.29) is 41.9 Å². The molecule has 4 aromatic rings. The summed E-state index contributed by atoms with van der Waals surface area (Å²) < 4.78 is 9.64. The normalized spacial score (nSPS) is 13.2. The summed E-state index contributed by atoms with van der Waals surface area (Å²) in [7, 11) is 1.77. The van der Waals surface area contributed by atoms with Gasteiger partial charge in [-0.15, -0.1) is 11.8 Å². The van der Waals surface area contributed by atoms with Gasteiger partial charge in [-0.05, 0) is 69.7 Å². The van der Waals surface area contributed by atoms with Crippen LogP contribution in [0.15, 0.2) is 87.0 Å². The molecule has 240 valence electrons. The van der Waals surface area contributed by atoms with E-state index in [4.69, 9.17) is 4.74 Å². The zero-order chi connectivity index (χ0) is 33.2. The van der Waals surface area contributed by atoms with Gasteiger partial charge in [-0.2, -0.15) is 0 Å². The van der Waals surface area contributed by atoms with Crippen LogP contribution in [-0.4, -0.2) is 56.6 Å². The van der Waals surface area contributed by atoms with Crippen molar-refractivity contribution >= 4 is 57.0 Å². The zero-order valence-electron chi connectivity index (χ0n) is 26.4. The van der Waals surface area contributed by atoms with Crippen molar-refractivity contribution in [2.75, 3.05) is 29.1 Å². The quantitative estimate of drug-likeness (QED) is 0.234. The highest BCUT2D eigenvalue weighted by Gasteiger charge is 2.31. The number of para-hydroxylation sites is 1. The zero-order valence-corrected chi connectivity index (χ0v) is 28.8. The Hall–Kier alpha value is -4.29. The van der Waals surface area contributed by atoms with Gasteiger partial charge in [-0.1, -0.05) is 52.3 Å². The highest BCUT2D eigenvalue weighted by atomic mass is 79.9. The molecule has 0 spiro atoms. The van der Waals surface area contributed by atoms with Gasteiger partial charge in [0, 0.05) is 29.5 Å². The third-order valence-electron chi connectivity index (χ3n) is 7.48. The fourth-order valence-corrected chi connectivity index (χ4v) is 6.38. The van der Waals surface area contributed by atoms with Crippen molar-refractivity contribution in [1.82, 2.24) is 14.3 Å². The minimum absolute atomic E-state index is 0.0159. The molecule has 0 unspecified atom stereocenters. The number of carbonyl (C=O) groups is 3. The highest BCUT2D eigenvalue weighted by Crippen LogP contribution is 2.32. The molecule has 2 heterocycles. The molecule has 0 aliphatic carbocycles. The largest absolute Gasteiger partial charge is 0.444 e. The number of hydrogen-bond donors (Lipinski definition) is 1. The summed E-state index contributed by atoms with van der Waals surface area (Å²) in [6, 6.07) is 22.0. The lowest BCUT2D eigenvalue weighted by Crippen LogP contribution is -2.40. The number of amides is 3. The molecule has 1 aliphatic heterocycles. The Labute approximate surface area is 280 Å². The topological polar surface area (TPSA) is 106 Å². The lowest BCUT2D eigenvalue weighted by molar-refractivity contribution is -0.113. The fraction of sp³-hybridized carbons (Fsp3) is 0.294. The molecule has 1 aliphatic rings. The van der Waals surface area contributed by atoms with Gasteiger partial charge in [0.05, 0.1) is 34.9 Å². The maximum atomic E-state index is 14.2. The molecule has 1 aromatic heterocycles. The smallest absolute Gasteiger partial charge is 0.410 e. The standard InChI is InChI=1S/C34H36BrN5O5S/c1-22-30(32(43)40(37(22)5)25-11-7-6-8-12-25)36-29(41)21-46-28-14-10-9-13-26(28)31(42)39-18-17-38(33(44)45-34(2,3)4)20-23-15-16-24(35)19-27(23)39/h6-16,19H,17-18,20-21H2,1-5H3,(H,36,41). The highest BCUT2D eigenvalue weighted by molar-refractivity contribution is 9.10. The Kier molecular flexibility index (Phi) is 9.78. The number of nitrogens with one attached hydrogen (secondary N) is 1. The molecular formula is C34H36BrN5O5S. The first-order chi connectivity index (χ1) is 21.8. The van der Waals surface area contributed by atoms with E-state index in [1.807, 2.05) is 75.4 Å². The van der Waals surface area contributed by atoms with Crippen LogP contribution in [0.25, 0.3) is 5.69 Å². The van der Waals surface area contributed by atoms with Crippen molar-refractivity contribution in [3.8, 4) is 5.69 Å². The van der Waals surface area contributed by atoms with Crippen molar-refractivity contribution in [3.05, 3.63) is 104 Å². The minimum Gasteiger partial charge on any atom is -0.444 e. The van der Waals surface area contributed by atoms with E-state index in [1.54, 1.807) is 46.7 Å². The van der Waals surface area contributed by atoms with E-state index in [0.717, 1.165) is 10.0 Å². The first kappa shape index (κ1) is 33.1. The predicted octanol–water partition coefficient (Wildman–Crippen LogP) is 6.38. The number of thioether (sulfide) groups is 1. The number of nitrogens with zero attached hydrogens (tertiary/aromatic N) is 4. The molecule has 0 saturated carbocycles. The molecule has 12 heteroatoms. The third-order valence-corrected chi connectivity index (χ3v) is 9.05. The van der Waals surface area contributed by atoms with Crippen molar-refractivity contribution < 1.29 is 19.1 Å². The SMILES string of the molecule is Cc1c(NC(=O)CSc2ccccc2C(=O)N2CCN(C(=O)OC(C)(C)C)Cc3ccc(Br)cc32)c(=O)n(-c2ccccc2)n1C. The van der Waals surface area contributed by atoms with Crippen LogP contribution in [0.4, 0.5) is 16.2 Å². The van der Waals surface area contributed by atoms with Crippen molar-refractivity contribution in [2.24, 2.45) is 7.05 Å². The molecule has 1 N–H and O–H groups in total. The monoisotopic (exact) mass is 705 g/mol. The molecule has 3 amide bonds. The lowest BCUT2D eigenvalue weighted by Gasteiger charge is -2.26. The summed E-state index contributed by atoms with van der Waals surface area (Å²) in [5.74, 6) is -0.633. The lowest BCUT2D eigenvalue weighted by atomic mass is 10.1. The molecule has 3 aromatic carbocycles. The first-order valence-electron chi connectivity index (χ1n) is 14.8. The number of aromatic nitrogens is 2. The third kappa shape index (κ3) is 7.23. The van der Waals surface area contributed by atoms with Crippen molar-refractivity contribution in [1.29, 1.82) is 0 Å². The summed E-state index contributed by atoms with van der Waals surface area (Å²) in [5, 5.41) is 2.79. The fourth-order valence-electron chi connectivity index (χ4n) is 5.19. The number of fused-ring (bicyclic) bond motifs is 1. The second kappa shape index (κ2) is 13.6. The molecule has 10 nitrogen and oxygen atoms in total. The number of ether oxygens (including phenoxy) is 1. The van der Waals surface area contributed by atoms with Gasteiger partial charge in [0.2, 0.25) is 5.91 Å². The molecule has 46 heavy (non-hydrogen) atoms. The number of carbonyl (C=O) groups excluding carboxylic acids is 3.